The Morgan fingerprint density at radius 3 is 2.50 bits per heavy atom. The SMILES string of the molecule is CCOC(=O)N1CC=C2C(C#N)=C(N)C(C#N)(C#N)[C@H](c3ccccc3C(F)(F)F)[C@H]2C1. The summed E-state index contributed by atoms with van der Waals surface area (Å²) in [6.45, 7) is 1.60. The van der Waals surface area contributed by atoms with Gasteiger partial charge in [0.15, 0.2) is 5.41 Å². The van der Waals surface area contributed by atoms with E-state index in [4.69, 9.17) is 10.5 Å². The molecule has 2 N–H and O–H groups in total. The summed E-state index contributed by atoms with van der Waals surface area (Å²) in [6.07, 6.45) is -3.94. The second-order valence-corrected chi connectivity index (χ2v) is 7.36. The highest BCUT2D eigenvalue weighted by Gasteiger charge is 2.56. The first kappa shape index (κ1) is 22.7. The highest BCUT2D eigenvalue weighted by Crippen LogP contribution is 2.55. The number of halogens is 3. The van der Waals surface area contributed by atoms with Crippen LogP contribution in [-0.2, 0) is 10.9 Å². The lowest BCUT2D eigenvalue weighted by atomic mass is 9.57. The second kappa shape index (κ2) is 8.28. The Balaban J connectivity index is 2.33. The number of fused-ring (bicyclic) bond motifs is 1. The Bertz CT molecular complexity index is 1120. The van der Waals surface area contributed by atoms with Gasteiger partial charge in [-0.1, -0.05) is 24.3 Å². The van der Waals surface area contributed by atoms with Crippen LogP contribution in [0.3, 0.4) is 0 Å². The van der Waals surface area contributed by atoms with Gasteiger partial charge in [0.1, 0.15) is 6.07 Å². The summed E-state index contributed by atoms with van der Waals surface area (Å²) in [5.74, 6) is -2.34. The van der Waals surface area contributed by atoms with Gasteiger partial charge in [-0.15, -0.1) is 0 Å². The van der Waals surface area contributed by atoms with Crippen molar-refractivity contribution in [3.63, 3.8) is 0 Å². The Kier molecular flexibility index (Phi) is 5.88. The number of benzene rings is 1. The van der Waals surface area contributed by atoms with Crippen LogP contribution in [0.15, 0.2) is 47.2 Å². The third-order valence-electron chi connectivity index (χ3n) is 5.79. The molecular formula is C22H18F3N5O2. The summed E-state index contributed by atoms with van der Waals surface area (Å²) in [6, 6.07) is 10.1. The van der Waals surface area contributed by atoms with Crippen LogP contribution in [-0.4, -0.2) is 30.7 Å². The first-order chi connectivity index (χ1) is 15.2. The van der Waals surface area contributed by atoms with E-state index in [2.05, 4.69) is 0 Å². The standard InChI is InChI=1S/C22H18F3N5O2/c1-2-32-20(31)30-8-7-13-15(9-26)19(29)21(11-27,12-28)18(16(13)10-30)14-5-3-4-6-17(14)22(23,24)25/h3-7,16,18H,2,8,10,29H2,1H3/t16-,18+/m0/s1. The number of nitriles is 3. The summed E-state index contributed by atoms with van der Waals surface area (Å²) in [4.78, 5) is 13.6. The molecule has 2 atom stereocenters. The number of nitrogens with two attached hydrogens (primary N) is 1. The van der Waals surface area contributed by atoms with Crippen LogP contribution in [0.25, 0.3) is 0 Å². The van der Waals surface area contributed by atoms with Gasteiger partial charge in [0.25, 0.3) is 0 Å². The molecule has 0 saturated heterocycles. The number of alkyl halides is 3. The van der Waals surface area contributed by atoms with Crippen LogP contribution < -0.4 is 5.73 Å². The zero-order valence-electron chi connectivity index (χ0n) is 17.0. The largest absolute Gasteiger partial charge is 0.450 e. The predicted octanol–water partition coefficient (Wildman–Crippen LogP) is 3.59. The van der Waals surface area contributed by atoms with Crippen molar-refractivity contribution in [3.05, 3.63) is 58.3 Å². The maximum Gasteiger partial charge on any atom is 0.416 e. The molecule has 0 aromatic heterocycles. The van der Waals surface area contributed by atoms with Crippen molar-refractivity contribution >= 4 is 6.09 Å². The highest BCUT2D eigenvalue weighted by molar-refractivity contribution is 5.69. The van der Waals surface area contributed by atoms with Gasteiger partial charge in [-0.05, 0) is 24.1 Å². The van der Waals surface area contributed by atoms with E-state index in [0.717, 1.165) is 6.07 Å². The summed E-state index contributed by atoms with van der Waals surface area (Å²) < 4.78 is 46.6. The van der Waals surface area contributed by atoms with Crippen LogP contribution in [0.4, 0.5) is 18.0 Å². The van der Waals surface area contributed by atoms with Crippen LogP contribution in [0.5, 0.6) is 0 Å². The molecule has 1 aromatic rings. The van der Waals surface area contributed by atoms with Gasteiger partial charge in [0, 0.05) is 24.9 Å². The molecule has 0 saturated carbocycles. The predicted molar refractivity (Wildman–Crippen MR) is 105 cm³/mol. The van der Waals surface area contributed by atoms with E-state index < -0.39 is 35.1 Å². The minimum atomic E-state index is -4.76. The van der Waals surface area contributed by atoms with Gasteiger partial charge in [-0.25, -0.2) is 4.79 Å². The molecule has 1 heterocycles. The molecule has 0 unspecified atom stereocenters. The van der Waals surface area contributed by atoms with E-state index in [1.54, 1.807) is 19.1 Å². The Morgan fingerprint density at radius 2 is 1.94 bits per heavy atom. The van der Waals surface area contributed by atoms with Crippen LogP contribution in [0.1, 0.15) is 24.0 Å². The highest BCUT2D eigenvalue weighted by atomic mass is 19.4. The van der Waals surface area contributed by atoms with Gasteiger partial charge in [0.05, 0.1) is 35.6 Å². The van der Waals surface area contributed by atoms with E-state index >= 15 is 0 Å². The fourth-order valence-corrected chi connectivity index (χ4v) is 4.41. The van der Waals surface area contributed by atoms with Crippen LogP contribution in [0, 0.1) is 45.3 Å². The van der Waals surface area contributed by atoms with Gasteiger partial charge >= 0.3 is 12.3 Å². The molecule has 0 fully saturated rings. The normalized spacial score (nSPS) is 22.0. The molecule has 164 valence electrons. The first-order valence-electron chi connectivity index (χ1n) is 9.67. The number of nitrogens with zero attached hydrogens (tertiary/aromatic N) is 4. The minimum absolute atomic E-state index is 0.0445. The maximum atomic E-state index is 13.9. The van der Waals surface area contributed by atoms with Crippen molar-refractivity contribution < 1.29 is 22.7 Å². The van der Waals surface area contributed by atoms with E-state index in [1.165, 1.54) is 29.2 Å². The van der Waals surface area contributed by atoms with Crippen molar-refractivity contribution in [3.8, 4) is 18.2 Å². The number of amides is 1. The van der Waals surface area contributed by atoms with Crippen molar-refractivity contribution in [1.82, 2.24) is 4.90 Å². The van der Waals surface area contributed by atoms with Crippen LogP contribution in [0.2, 0.25) is 0 Å². The van der Waals surface area contributed by atoms with Gasteiger partial charge in [0.2, 0.25) is 0 Å². The number of rotatable bonds is 2. The molecular weight excluding hydrogens is 423 g/mol. The van der Waals surface area contributed by atoms with Crippen molar-refractivity contribution in [2.24, 2.45) is 17.1 Å². The molecule has 1 aromatic carbocycles. The molecule has 32 heavy (non-hydrogen) atoms. The molecule has 0 spiro atoms. The molecule has 0 bridgehead atoms. The lowest BCUT2D eigenvalue weighted by Gasteiger charge is -2.45. The summed E-state index contributed by atoms with van der Waals surface area (Å²) in [5.41, 5.74) is 2.35. The van der Waals surface area contributed by atoms with E-state index in [9.17, 15) is 33.8 Å². The number of allylic oxidation sites excluding steroid dienone is 2. The summed E-state index contributed by atoms with van der Waals surface area (Å²) >= 11 is 0. The van der Waals surface area contributed by atoms with Gasteiger partial charge in [-0.2, -0.15) is 29.0 Å². The molecule has 3 rings (SSSR count). The second-order valence-electron chi connectivity index (χ2n) is 7.36. The average molecular weight is 441 g/mol. The van der Waals surface area contributed by atoms with Gasteiger partial charge in [-0.3, -0.25) is 0 Å². The fourth-order valence-electron chi connectivity index (χ4n) is 4.41. The molecule has 0 radical (unpaired) electrons. The third-order valence-corrected chi connectivity index (χ3v) is 5.79. The van der Waals surface area contributed by atoms with E-state index in [1.807, 2.05) is 6.07 Å². The van der Waals surface area contributed by atoms with Crippen molar-refractivity contribution in [2.75, 3.05) is 19.7 Å². The Hall–Kier alpha value is -3.97. The first-order valence-corrected chi connectivity index (χ1v) is 9.67. The summed E-state index contributed by atoms with van der Waals surface area (Å²) in [5, 5.41) is 29.7. The molecule has 1 aliphatic carbocycles. The topological polar surface area (TPSA) is 127 Å². The monoisotopic (exact) mass is 441 g/mol. The lowest BCUT2D eigenvalue weighted by Crippen LogP contribution is -2.49. The molecule has 7 nitrogen and oxygen atoms in total. The average Bonchev–Trinajstić information content (AvgIpc) is 2.77. The zero-order chi connectivity index (χ0) is 23.7. The van der Waals surface area contributed by atoms with Crippen molar-refractivity contribution in [1.29, 1.82) is 15.8 Å². The minimum Gasteiger partial charge on any atom is -0.450 e. The quantitative estimate of drug-likeness (QED) is 0.747. The van der Waals surface area contributed by atoms with Crippen LogP contribution >= 0.6 is 0 Å². The number of ether oxygens (including phenoxy) is 1. The number of carbonyl (C=O) groups is 1. The smallest absolute Gasteiger partial charge is 0.416 e. The summed E-state index contributed by atoms with van der Waals surface area (Å²) in [7, 11) is 0. The molecule has 2 aliphatic rings. The Labute approximate surface area is 182 Å². The van der Waals surface area contributed by atoms with Crippen molar-refractivity contribution in [2.45, 2.75) is 19.0 Å². The number of carbonyl (C=O) groups excluding carboxylic acids is 1. The van der Waals surface area contributed by atoms with Gasteiger partial charge < -0.3 is 15.4 Å². The van der Waals surface area contributed by atoms with E-state index in [0.29, 0.717) is 5.57 Å². The molecule has 1 amide bonds. The molecule has 10 heteroatoms. The number of hydrogen-bond acceptors (Lipinski definition) is 6. The van der Waals surface area contributed by atoms with E-state index in [-0.39, 0.29) is 36.5 Å². The number of hydrogen-bond donors (Lipinski definition) is 1. The fraction of sp³-hybridized carbons (Fsp3) is 0.364. The maximum absolute atomic E-state index is 13.9. The Morgan fingerprint density at radius 1 is 1.28 bits per heavy atom. The lowest BCUT2D eigenvalue weighted by molar-refractivity contribution is -0.138. The molecule has 1 aliphatic heterocycles. The third kappa shape index (κ3) is 3.42. The zero-order valence-corrected chi connectivity index (χ0v) is 17.0.